The van der Waals surface area contributed by atoms with Gasteiger partial charge in [0.15, 0.2) is 9.84 Å². The molecule has 1 saturated heterocycles. The molecule has 2 atom stereocenters. The first-order valence-corrected chi connectivity index (χ1v) is 15.3. The molecule has 0 aliphatic carbocycles. The van der Waals surface area contributed by atoms with Gasteiger partial charge >= 0.3 is 0 Å². The van der Waals surface area contributed by atoms with E-state index in [2.05, 4.69) is 4.99 Å². The average molecular weight is 553 g/mol. The van der Waals surface area contributed by atoms with Crippen LogP contribution in [0.4, 0.5) is 0 Å². The van der Waals surface area contributed by atoms with Gasteiger partial charge in [-0.2, -0.15) is 0 Å². The average Bonchev–Trinajstić information content (AvgIpc) is 2.93. The molecule has 0 radical (unpaired) electrons. The van der Waals surface area contributed by atoms with E-state index in [1.165, 1.54) is 0 Å². The van der Waals surface area contributed by atoms with Gasteiger partial charge in [0.2, 0.25) is 5.91 Å². The Morgan fingerprint density at radius 2 is 1.85 bits per heavy atom. The second-order valence-electron chi connectivity index (χ2n) is 10.8. The highest BCUT2D eigenvalue weighted by Gasteiger charge is 2.33. The normalized spacial score (nSPS) is 19.4. The Morgan fingerprint density at radius 3 is 2.51 bits per heavy atom. The Bertz CT molecular complexity index is 1320. The van der Waals surface area contributed by atoms with Gasteiger partial charge in [-0.1, -0.05) is 30.3 Å². The number of nitrogen functional groups attached to an aromatic ring is 1. The molecule has 4 rings (SSSR count). The van der Waals surface area contributed by atoms with Crippen LogP contribution >= 0.6 is 0 Å². The maximum Gasteiger partial charge on any atom is 0.227 e. The van der Waals surface area contributed by atoms with Gasteiger partial charge in [-0.25, -0.2) is 8.42 Å². The van der Waals surface area contributed by atoms with E-state index < -0.39 is 15.8 Å². The molecule has 2 aromatic carbocycles. The number of nitrogens with one attached hydrogen (secondary N) is 1. The zero-order chi connectivity index (χ0) is 28.0. The van der Waals surface area contributed by atoms with Crippen molar-refractivity contribution in [1.29, 1.82) is 5.41 Å². The summed E-state index contributed by atoms with van der Waals surface area (Å²) in [6.45, 7) is 2.39. The van der Waals surface area contributed by atoms with Crippen molar-refractivity contribution in [3.8, 4) is 0 Å². The smallest absolute Gasteiger partial charge is 0.227 e. The van der Waals surface area contributed by atoms with E-state index in [-0.39, 0.29) is 34.7 Å². The topological polar surface area (TPSA) is 169 Å². The number of benzene rings is 2. The highest BCUT2D eigenvalue weighted by atomic mass is 32.2. The molecule has 1 unspecified atom stereocenters. The van der Waals surface area contributed by atoms with E-state index in [0.717, 1.165) is 36.8 Å². The quantitative estimate of drug-likeness (QED) is 0.261. The summed E-state index contributed by atoms with van der Waals surface area (Å²) in [5, 5.41) is 7.77. The van der Waals surface area contributed by atoms with E-state index in [1.54, 1.807) is 36.4 Å². The molecule has 2 aliphatic heterocycles. The van der Waals surface area contributed by atoms with Gasteiger partial charge in [-0.3, -0.25) is 15.2 Å². The SMILES string of the molecule is N=C(N)c1cccc(C[C@H](CS(=O)(=O)c2cccc(C3CCC(N)=NC3)c2)C(=O)N2CCC(CCN)CC2)c1. The minimum absolute atomic E-state index is 0.0695. The standard InChI is InChI=1S/C29H40N6O3S/c30-12-9-20-10-13-35(14-11-20)29(36)25(16-21-3-1-5-23(15-21)28(32)33)19-39(37,38)26-6-2-4-22(17-26)24-7-8-27(31)34-18-24/h1-6,15,17,20,24-25H,7-14,16,18-19,30H2,(H2,31,34)(H3,32,33)/t24?,25-/m1/s1. The first-order valence-electron chi connectivity index (χ1n) is 13.7. The second kappa shape index (κ2) is 12.7. The molecule has 210 valence electrons. The summed E-state index contributed by atoms with van der Waals surface area (Å²) in [6, 6.07) is 14.2. The fraction of sp³-hybridized carbons (Fsp3) is 0.483. The van der Waals surface area contributed by atoms with E-state index in [0.29, 0.717) is 49.9 Å². The number of sulfone groups is 1. The Hall–Kier alpha value is -3.24. The number of nitrogens with two attached hydrogens (primary N) is 3. The number of likely N-dealkylation sites (tertiary alicyclic amines) is 1. The van der Waals surface area contributed by atoms with Crippen molar-refractivity contribution >= 4 is 27.4 Å². The van der Waals surface area contributed by atoms with E-state index in [4.69, 9.17) is 22.6 Å². The van der Waals surface area contributed by atoms with Crippen molar-refractivity contribution in [2.24, 2.45) is 34.0 Å². The number of piperidine rings is 1. The molecule has 0 spiro atoms. The third kappa shape index (κ3) is 7.45. The lowest BCUT2D eigenvalue weighted by Gasteiger charge is -2.34. The van der Waals surface area contributed by atoms with E-state index in [1.807, 2.05) is 17.0 Å². The van der Waals surface area contributed by atoms with Gasteiger partial charge in [0.25, 0.3) is 0 Å². The van der Waals surface area contributed by atoms with Crippen molar-refractivity contribution in [2.45, 2.75) is 49.3 Å². The summed E-state index contributed by atoms with van der Waals surface area (Å²) in [7, 11) is -3.77. The predicted molar refractivity (Wildman–Crippen MR) is 155 cm³/mol. The molecular formula is C29H40N6O3S. The summed E-state index contributed by atoms with van der Waals surface area (Å²) in [5.74, 6) is -0.0165. The lowest BCUT2D eigenvalue weighted by molar-refractivity contribution is -0.136. The molecule has 1 amide bonds. The van der Waals surface area contributed by atoms with Crippen molar-refractivity contribution < 1.29 is 13.2 Å². The van der Waals surface area contributed by atoms with Gasteiger partial charge in [0, 0.05) is 37.5 Å². The Kier molecular flexibility index (Phi) is 9.40. The van der Waals surface area contributed by atoms with Crippen molar-refractivity contribution in [2.75, 3.05) is 31.9 Å². The minimum Gasteiger partial charge on any atom is -0.387 e. The zero-order valence-corrected chi connectivity index (χ0v) is 23.2. The van der Waals surface area contributed by atoms with Gasteiger partial charge in [0.05, 0.1) is 22.4 Å². The Balaban J connectivity index is 1.57. The van der Waals surface area contributed by atoms with Crippen LogP contribution in [0, 0.1) is 17.2 Å². The van der Waals surface area contributed by atoms with E-state index >= 15 is 0 Å². The molecule has 2 aromatic rings. The van der Waals surface area contributed by atoms with Crippen LogP contribution in [-0.4, -0.2) is 62.8 Å². The van der Waals surface area contributed by atoms with Crippen LogP contribution in [0.25, 0.3) is 0 Å². The highest BCUT2D eigenvalue weighted by Crippen LogP contribution is 2.29. The number of carbonyl (C=O) groups excluding carboxylic acids is 1. The number of nitrogens with zero attached hydrogens (tertiary/aromatic N) is 2. The molecule has 7 N–H and O–H groups in total. The number of hydrogen-bond acceptors (Lipinski definition) is 7. The predicted octanol–water partition coefficient (Wildman–Crippen LogP) is 2.43. The minimum atomic E-state index is -3.77. The maximum absolute atomic E-state index is 13.8. The van der Waals surface area contributed by atoms with Crippen molar-refractivity contribution in [1.82, 2.24) is 4.90 Å². The molecule has 9 nitrogen and oxygen atoms in total. The van der Waals surface area contributed by atoms with Gasteiger partial charge in [-0.15, -0.1) is 0 Å². The third-order valence-electron chi connectivity index (χ3n) is 7.94. The first-order chi connectivity index (χ1) is 18.7. The molecule has 2 heterocycles. The van der Waals surface area contributed by atoms with Crippen LogP contribution in [0.2, 0.25) is 0 Å². The molecule has 10 heteroatoms. The monoisotopic (exact) mass is 552 g/mol. The number of carbonyl (C=O) groups is 1. The molecule has 2 aliphatic rings. The van der Waals surface area contributed by atoms with Crippen LogP contribution in [0.3, 0.4) is 0 Å². The molecule has 1 fully saturated rings. The molecule has 39 heavy (non-hydrogen) atoms. The summed E-state index contributed by atoms with van der Waals surface area (Å²) in [4.78, 5) is 20.2. The number of hydrogen-bond donors (Lipinski definition) is 4. The lowest BCUT2D eigenvalue weighted by Crippen LogP contribution is -2.44. The van der Waals surface area contributed by atoms with Crippen molar-refractivity contribution in [3.63, 3.8) is 0 Å². The maximum atomic E-state index is 13.8. The van der Waals surface area contributed by atoms with Crippen LogP contribution in [0.1, 0.15) is 54.7 Å². The third-order valence-corrected chi connectivity index (χ3v) is 9.76. The van der Waals surface area contributed by atoms with Crippen molar-refractivity contribution in [3.05, 3.63) is 65.2 Å². The van der Waals surface area contributed by atoms with Gasteiger partial charge in [-0.05, 0) is 73.9 Å². The first kappa shape index (κ1) is 28.8. The molecular weight excluding hydrogens is 512 g/mol. The largest absolute Gasteiger partial charge is 0.387 e. The summed E-state index contributed by atoms with van der Waals surface area (Å²) in [5.41, 5.74) is 19.5. The molecule has 0 bridgehead atoms. The van der Waals surface area contributed by atoms with Crippen LogP contribution < -0.4 is 17.2 Å². The number of amidine groups is 2. The number of aliphatic imine (C=N–C) groups is 1. The van der Waals surface area contributed by atoms with Crippen LogP contribution in [0.15, 0.2) is 58.4 Å². The zero-order valence-electron chi connectivity index (χ0n) is 22.4. The second-order valence-corrected chi connectivity index (χ2v) is 12.8. The number of amides is 1. The fourth-order valence-electron chi connectivity index (χ4n) is 5.62. The highest BCUT2D eigenvalue weighted by molar-refractivity contribution is 7.91. The number of rotatable bonds is 10. The lowest BCUT2D eigenvalue weighted by atomic mass is 9.92. The Morgan fingerprint density at radius 1 is 1.10 bits per heavy atom. The summed E-state index contributed by atoms with van der Waals surface area (Å²) < 4.78 is 27.5. The van der Waals surface area contributed by atoms with Crippen LogP contribution in [-0.2, 0) is 21.1 Å². The fourth-order valence-corrected chi connectivity index (χ4v) is 7.20. The van der Waals surface area contributed by atoms with Gasteiger partial charge in [0.1, 0.15) is 5.84 Å². The Labute approximate surface area is 231 Å². The molecule has 0 aromatic heterocycles. The summed E-state index contributed by atoms with van der Waals surface area (Å²) in [6.07, 6.45) is 4.45. The summed E-state index contributed by atoms with van der Waals surface area (Å²) >= 11 is 0. The molecule has 0 saturated carbocycles. The van der Waals surface area contributed by atoms with Crippen LogP contribution in [0.5, 0.6) is 0 Å². The van der Waals surface area contributed by atoms with E-state index in [9.17, 15) is 13.2 Å². The van der Waals surface area contributed by atoms with Gasteiger partial charge < -0.3 is 22.1 Å².